The lowest BCUT2D eigenvalue weighted by Gasteiger charge is -2.46. The molecule has 0 saturated heterocycles. The van der Waals surface area contributed by atoms with Crippen molar-refractivity contribution in [2.45, 2.75) is 119 Å². The molecule has 0 amide bonds. The summed E-state index contributed by atoms with van der Waals surface area (Å²) in [5.74, 6) is 1.32. The van der Waals surface area contributed by atoms with E-state index in [9.17, 15) is 5.11 Å². The van der Waals surface area contributed by atoms with Gasteiger partial charge in [0.25, 0.3) is 0 Å². The molecule has 0 aromatic carbocycles. The summed E-state index contributed by atoms with van der Waals surface area (Å²) in [6, 6.07) is 0. The van der Waals surface area contributed by atoms with E-state index >= 15 is 0 Å². The van der Waals surface area contributed by atoms with Crippen molar-refractivity contribution in [1.82, 2.24) is 0 Å². The maximum absolute atomic E-state index is 10.9. The van der Waals surface area contributed by atoms with Crippen LogP contribution >= 0.6 is 0 Å². The highest BCUT2D eigenvalue weighted by Crippen LogP contribution is 2.48. The molecular weight excluding hydrogens is 320 g/mol. The third-order valence-corrected chi connectivity index (χ3v) is 5.89. The minimum absolute atomic E-state index is 0.222. The van der Waals surface area contributed by atoms with Crippen LogP contribution in [-0.2, 0) is 0 Å². The number of nitrogens with two attached hydrogens (primary N) is 2. The highest BCUT2D eigenvalue weighted by atomic mass is 16.3. The van der Waals surface area contributed by atoms with E-state index < -0.39 is 0 Å². The van der Waals surface area contributed by atoms with E-state index in [1.165, 1.54) is 19.3 Å². The molecule has 26 heavy (non-hydrogen) atoms. The van der Waals surface area contributed by atoms with E-state index in [2.05, 4.69) is 55.4 Å². The molecule has 0 aromatic heterocycles. The Kier molecular flexibility index (Phi) is 11.6. The van der Waals surface area contributed by atoms with Crippen LogP contribution in [0.25, 0.3) is 0 Å². The summed E-state index contributed by atoms with van der Waals surface area (Å²) in [5, 5.41) is 10.9. The third kappa shape index (κ3) is 9.71. The van der Waals surface area contributed by atoms with Gasteiger partial charge in [-0.15, -0.1) is 0 Å². The molecule has 0 bridgehead atoms. The fraction of sp³-hybridized carbons (Fsp3) is 1.00. The number of hydrogen-bond acceptors (Lipinski definition) is 3. The first-order valence-electron chi connectivity index (χ1n) is 11.0. The van der Waals surface area contributed by atoms with Gasteiger partial charge in [0.05, 0.1) is 12.3 Å². The molecule has 0 aliphatic carbocycles. The van der Waals surface area contributed by atoms with Crippen molar-refractivity contribution in [1.29, 1.82) is 0 Å². The fourth-order valence-electron chi connectivity index (χ4n) is 5.33. The Balaban J connectivity index is 5.23. The summed E-state index contributed by atoms with van der Waals surface area (Å²) >= 11 is 0. The molecule has 0 radical (unpaired) electrons. The van der Waals surface area contributed by atoms with Crippen LogP contribution in [0.5, 0.6) is 0 Å². The molecule has 3 unspecified atom stereocenters. The number of unbranched alkanes of at least 4 members (excludes halogenated alkanes) is 2. The Bertz CT molecular complexity index is 340. The lowest BCUT2D eigenvalue weighted by Crippen LogP contribution is -2.42. The lowest BCUT2D eigenvalue weighted by molar-refractivity contribution is 0.00428. The molecular formula is C23H50N2O. The fourth-order valence-corrected chi connectivity index (χ4v) is 5.33. The zero-order valence-corrected chi connectivity index (χ0v) is 19.1. The van der Waals surface area contributed by atoms with Crippen LogP contribution in [-0.4, -0.2) is 17.4 Å². The van der Waals surface area contributed by atoms with Crippen LogP contribution in [0.3, 0.4) is 0 Å². The zero-order valence-electron chi connectivity index (χ0n) is 19.1. The summed E-state index contributed by atoms with van der Waals surface area (Å²) in [7, 11) is 0. The molecule has 0 aromatic rings. The van der Waals surface area contributed by atoms with Gasteiger partial charge in [0.15, 0.2) is 0 Å². The quantitative estimate of drug-likeness (QED) is 0.386. The van der Waals surface area contributed by atoms with Crippen LogP contribution in [0.2, 0.25) is 0 Å². The zero-order chi connectivity index (χ0) is 20.5. The van der Waals surface area contributed by atoms with Gasteiger partial charge in [0, 0.05) is 0 Å². The van der Waals surface area contributed by atoms with Gasteiger partial charge in [-0.3, -0.25) is 0 Å². The van der Waals surface area contributed by atoms with Gasteiger partial charge in [-0.2, -0.15) is 0 Å². The third-order valence-electron chi connectivity index (χ3n) is 5.89. The van der Waals surface area contributed by atoms with Crippen molar-refractivity contribution in [2.75, 3.05) is 0 Å². The van der Waals surface area contributed by atoms with Crippen LogP contribution in [0.1, 0.15) is 107 Å². The minimum Gasteiger partial charge on any atom is -0.393 e. The summed E-state index contributed by atoms with van der Waals surface area (Å²) in [6.07, 6.45) is 7.91. The van der Waals surface area contributed by atoms with Gasteiger partial charge >= 0.3 is 0 Å². The van der Waals surface area contributed by atoms with Gasteiger partial charge in [-0.1, -0.05) is 87.5 Å². The summed E-state index contributed by atoms with van der Waals surface area (Å²) in [4.78, 5) is 0. The lowest BCUT2D eigenvalue weighted by atomic mass is 9.59. The van der Waals surface area contributed by atoms with Gasteiger partial charge in [0.2, 0.25) is 0 Å². The van der Waals surface area contributed by atoms with E-state index in [0.29, 0.717) is 11.8 Å². The first kappa shape index (κ1) is 25.9. The molecule has 0 rings (SSSR count). The van der Waals surface area contributed by atoms with Crippen molar-refractivity contribution in [3.63, 3.8) is 0 Å². The molecule has 0 aliphatic heterocycles. The van der Waals surface area contributed by atoms with Gasteiger partial charge in [-0.05, 0) is 47.8 Å². The Labute approximate surface area is 164 Å². The monoisotopic (exact) mass is 370 g/mol. The molecule has 0 heterocycles. The average Bonchev–Trinajstić information content (AvgIpc) is 2.45. The highest BCUT2D eigenvalue weighted by molar-refractivity contribution is 4.90. The van der Waals surface area contributed by atoms with Crippen molar-refractivity contribution in [3.8, 4) is 0 Å². The average molecular weight is 371 g/mol. The van der Waals surface area contributed by atoms with Crippen molar-refractivity contribution in [3.05, 3.63) is 0 Å². The van der Waals surface area contributed by atoms with Crippen molar-refractivity contribution >= 4 is 0 Å². The number of aliphatic hydroxyl groups excluding tert-OH is 1. The summed E-state index contributed by atoms with van der Waals surface area (Å²) in [6.45, 7) is 18.6. The normalized spacial score (nSPS) is 17.0. The molecule has 0 saturated carbocycles. The predicted octanol–water partition coefficient (Wildman–Crippen LogP) is 5.69. The van der Waals surface area contributed by atoms with E-state index in [4.69, 9.17) is 11.5 Å². The van der Waals surface area contributed by atoms with Crippen LogP contribution in [0.15, 0.2) is 0 Å². The second kappa shape index (κ2) is 11.7. The van der Waals surface area contributed by atoms with Crippen LogP contribution in [0.4, 0.5) is 0 Å². The van der Waals surface area contributed by atoms with Crippen molar-refractivity contribution in [2.24, 2.45) is 40.1 Å². The molecule has 0 spiro atoms. The highest BCUT2D eigenvalue weighted by Gasteiger charge is 2.40. The smallest absolute Gasteiger partial charge is 0.0550 e. The van der Waals surface area contributed by atoms with E-state index in [0.717, 1.165) is 32.1 Å². The molecule has 3 heteroatoms. The minimum atomic E-state index is -0.327. The Morgan fingerprint density at radius 1 is 0.731 bits per heavy atom. The maximum atomic E-state index is 10.9. The SMILES string of the molecule is CCCCC(CC(O)CC(CCCC)C(C(C)(C)C)C(C)(C)C)C(N)N. The van der Waals surface area contributed by atoms with Crippen LogP contribution in [0, 0.1) is 28.6 Å². The second-order valence-corrected chi connectivity index (χ2v) is 10.7. The summed E-state index contributed by atoms with van der Waals surface area (Å²) < 4.78 is 0. The number of aliphatic hydroxyl groups is 1. The Morgan fingerprint density at radius 3 is 1.46 bits per heavy atom. The van der Waals surface area contributed by atoms with Crippen LogP contribution < -0.4 is 11.5 Å². The number of hydrogen-bond donors (Lipinski definition) is 3. The van der Waals surface area contributed by atoms with Gasteiger partial charge in [-0.25, -0.2) is 0 Å². The molecule has 158 valence electrons. The second-order valence-electron chi connectivity index (χ2n) is 10.7. The summed E-state index contributed by atoms with van der Waals surface area (Å²) in [5.41, 5.74) is 12.5. The number of rotatable bonds is 12. The predicted molar refractivity (Wildman–Crippen MR) is 116 cm³/mol. The standard InChI is InChI=1S/C23H50N2O/c1-9-11-13-17(20(22(3,4)5)23(6,7)8)15-19(26)16-18(21(24)25)14-12-10-2/h17-21,26H,9-16,24-25H2,1-8H3. The van der Waals surface area contributed by atoms with E-state index in [1.54, 1.807) is 0 Å². The molecule has 0 fully saturated rings. The molecule has 0 aliphatic rings. The maximum Gasteiger partial charge on any atom is 0.0550 e. The molecule has 3 nitrogen and oxygen atoms in total. The van der Waals surface area contributed by atoms with Gasteiger partial charge in [0.1, 0.15) is 0 Å². The first-order chi connectivity index (χ1) is 11.8. The van der Waals surface area contributed by atoms with E-state index in [1.807, 2.05) is 0 Å². The first-order valence-corrected chi connectivity index (χ1v) is 11.0. The topological polar surface area (TPSA) is 72.3 Å². The molecule has 5 N–H and O–H groups in total. The largest absolute Gasteiger partial charge is 0.393 e. The Morgan fingerprint density at radius 2 is 1.12 bits per heavy atom. The van der Waals surface area contributed by atoms with E-state index in [-0.39, 0.29) is 29.0 Å². The van der Waals surface area contributed by atoms with Gasteiger partial charge < -0.3 is 16.6 Å². The Hall–Kier alpha value is -0.120. The molecule has 3 atom stereocenters. The van der Waals surface area contributed by atoms with Crippen molar-refractivity contribution < 1.29 is 5.11 Å².